The number of hydrogen-bond acceptors (Lipinski definition) is 3. The predicted octanol–water partition coefficient (Wildman–Crippen LogP) is 2.89. The summed E-state index contributed by atoms with van der Waals surface area (Å²) in [5, 5.41) is 10.2. The molecule has 0 aliphatic carbocycles. The van der Waals surface area contributed by atoms with Crippen molar-refractivity contribution in [1.82, 2.24) is 10.6 Å². The summed E-state index contributed by atoms with van der Waals surface area (Å²) in [6, 6.07) is 20.3. The third-order valence-corrected chi connectivity index (χ3v) is 4.45. The number of rotatable bonds is 7. The van der Waals surface area contributed by atoms with Gasteiger partial charge in [-0.3, -0.25) is 14.4 Å². The first-order chi connectivity index (χ1) is 14.1. The van der Waals surface area contributed by atoms with Gasteiger partial charge in [0.2, 0.25) is 11.8 Å². The Hall–Kier alpha value is -3.67. The molecular formula is C23H23N3O3. The van der Waals surface area contributed by atoms with E-state index in [1.807, 2.05) is 49.4 Å². The van der Waals surface area contributed by atoms with Gasteiger partial charge in [-0.1, -0.05) is 42.5 Å². The first-order valence-corrected chi connectivity index (χ1v) is 9.48. The molecule has 3 aromatic rings. The first kappa shape index (κ1) is 20.1. The summed E-state index contributed by atoms with van der Waals surface area (Å²) in [7, 11) is 0. The van der Waals surface area contributed by atoms with Crippen LogP contribution >= 0.6 is 0 Å². The molecule has 0 aliphatic heterocycles. The molecule has 148 valence electrons. The van der Waals surface area contributed by atoms with Crippen LogP contribution in [0.5, 0.6) is 0 Å². The van der Waals surface area contributed by atoms with Crippen LogP contribution < -0.4 is 16.0 Å². The SMILES string of the molecule is CCNC(=O)c1ccc(NC(=O)CNC(=O)Cc2cccc3ccccc23)cc1. The van der Waals surface area contributed by atoms with Crippen LogP contribution in [0.2, 0.25) is 0 Å². The van der Waals surface area contributed by atoms with Crippen LogP contribution in [0.4, 0.5) is 5.69 Å². The number of carbonyl (C=O) groups is 3. The van der Waals surface area contributed by atoms with Gasteiger partial charge in [0.05, 0.1) is 13.0 Å². The zero-order valence-corrected chi connectivity index (χ0v) is 16.2. The summed E-state index contributed by atoms with van der Waals surface area (Å²) in [6.07, 6.45) is 0.204. The predicted molar refractivity (Wildman–Crippen MR) is 114 cm³/mol. The number of carbonyl (C=O) groups excluding carboxylic acids is 3. The van der Waals surface area contributed by atoms with Gasteiger partial charge in [0, 0.05) is 17.8 Å². The fourth-order valence-electron chi connectivity index (χ4n) is 3.03. The second-order valence-corrected chi connectivity index (χ2v) is 6.58. The van der Waals surface area contributed by atoms with Gasteiger partial charge in [-0.2, -0.15) is 0 Å². The average molecular weight is 389 g/mol. The number of anilines is 1. The van der Waals surface area contributed by atoms with Gasteiger partial charge in [0.15, 0.2) is 0 Å². The number of amides is 3. The van der Waals surface area contributed by atoms with Crippen molar-refractivity contribution in [2.45, 2.75) is 13.3 Å². The standard InChI is InChI=1S/C23H23N3O3/c1-2-24-23(29)17-10-12-19(13-11-17)26-22(28)15-25-21(27)14-18-8-5-7-16-6-3-4-9-20(16)18/h3-13H,2,14-15H2,1H3,(H,24,29)(H,25,27)(H,26,28). The quantitative estimate of drug-likeness (QED) is 0.581. The van der Waals surface area contributed by atoms with Crippen LogP contribution in [0.25, 0.3) is 10.8 Å². The Morgan fingerprint density at radius 2 is 1.52 bits per heavy atom. The Bertz CT molecular complexity index is 1020. The minimum atomic E-state index is -0.331. The number of nitrogens with one attached hydrogen (secondary N) is 3. The molecule has 0 saturated heterocycles. The largest absolute Gasteiger partial charge is 0.352 e. The molecular weight excluding hydrogens is 366 g/mol. The topological polar surface area (TPSA) is 87.3 Å². The van der Waals surface area contributed by atoms with Crippen molar-refractivity contribution in [3.8, 4) is 0 Å². The minimum Gasteiger partial charge on any atom is -0.352 e. The average Bonchev–Trinajstić information content (AvgIpc) is 2.73. The third kappa shape index (κ3) is 5.42. The van der Waals surface area contributed by atoms with E-state index in [9.17, 15) is 14.4 Å². The number of benzene rings is 3. The van der Waals surface area contributed by atoms with Gasteiger partial charge >= 0.3 is 0 Å². The Morgan fingerprint density at radius 3 is 2.28 bits per heavy atom. The van der Waals surface area contributed by atoms with E-state index in [2.05, 4.69) is 16.0 Å². The van der Waals surface area contributed by atoms with Crippen LogP contribution in [0, 0.1) is 0 Å². The van der Waals surface area contributed by atoms with Crippen LogP contribution in [0.15, 0.2) is 66.7 Å². The van der Waals surface area contributed by atoms with Crippen LogP contribution in [0.3, 0.4) is 0 Å². The molecule has 6 nitrogen and oxygen atoms in total. The van der Waals surface area contributed by atoms with Gasteiger partial charge in [0.25, 0.3) is 5.91 Å². The van der Waals surface area contributed by atoms with E-state index in [0.29, 0.717) is 17.8 Å². The molecule has 3 aromatic carbocycles. The van der Waals surface area contributed by atoms with E-state index in [1.54, 1.807) is 24.3 Å². The fourth-order valence-corrected chi connectivity index (χ4v) is 3.03. The highest BCUT2D eigenvalue weighted by Crippen LogP contribution is 2.18. The van der Waals surface area contributed by atoms with Crippen molar-refractivity contribution < 1.29 is 14.4 Å². The second kappa shape index (κ2) is 9.50. The molecule has 0 bridgehead atoms. The maximum absolute atomic E-state index is 12.3. The highest BCUT2D eigenvalue weighted by atomic mass is 16.2. The molecule has 0 unspecified atom stereocenters. The van der Waals surface area contributed by atoms with Gasteiger partial charge < -0.3 is 16.0 Å². The summed E-state index contributed by atoms with van der Waals surface area (Å²) in [6.45, 7) is 2.28. The monoisotopic (exact) mass is 389 g/mol. The van der Waals surface area contributed by atoms with Crippen molar-refractivity contribution in [3.05, 3.63) is 77.9 Å². The molecule has 29 heavy (non-hydrogen) atoms. The van der Waals surface area contributed by atoms with Gasteiger partial charge in [0.1, 0.15) is 0 Å². The van der Waals surface area contributed by atoms with Crippen LogP contribution in [-0.2, 0) is 16.0 Å². The Morgan fingerprint density at radius 1 is 0.793 bits per heavy atom. The highest BCUT2D eigenvalue weighted by molar-refractivity contribution is 5.97. The Labute approximate surface area is 169 Å². The van der Waals surface area contributed by atoms with Crippen molar-refractivity contribution in [2.75, 3.05) is 18.4 Å². The highest BCUT2D eigenvalue weighted by Gasteiger charge is 2.10. The summed E-state index contributed by atoms with van der Waals surface area (Å²) < 4.78 is 0. The third-order valence-electron chi connectivity index (χ3n) is 4.45. The molecule has 0 aromatic heterocycles. The van der Waals surface area contributed by atoms with Crippen molar-refractivity contribution in [3.63, 3.8) is 0 Å². The zero-order chi connectivity index (χ0) is 20.6. The molecule has 3 amide bonds. The lowest BCUT2D eigenvalue weighted by molar-refractivity contribution is -0.123. The zero-order valence-electron chi connectivity index (χ0n) is 16.2. The molecule has 0 radical (unpaired) electrons. The summed E-state index contributed by atoms with van der Waals surface area (Å²) in [4.78, 5) is 36.1. The van der Waals surface area contributed by atoms with E-state index < -0.39 is 0 Å². The van der Waals surface area contributed by atoms with E-state index in [4.69, 9.17) is 0 Å². The van der Waals surface area contributed by atoms with Crippen molar-refractivity contribution in [1.29, 1.82) is 0 Å². The van der Waals surface area contributed by atoms with Gasteiger partial charge in [-0.25, -0.2) is 0 Å². The van der Waals surface area contributed by atoms with Crippen molar-refractivity contribution in [2.24, 2.45) is 0 Å². The molecule has 0 heterocycles. The first-order valence-electron chi connectivity index (χ1n) is 9.48. The lowest BCUT2D eigenvalue weighted by Crippen LogP contribution is -2.33. The smallest absolute Gasteiger partial charge is 0.251 e. The Kier molecular flexibility index (Phi) is 6.58. The number of fused-ring (bicyclic) bond motifs is 1. The molecule has 3 rings (SSSR count). The van der Waals surface area contributed by atoms with E-state index in [-0.39, 0.29) is 30.7 Å². The summed E-state index contributed by atoms with van der Waals surface area (Å²) in [5.74, 6) is -0.712. The number of hydrogen-bond donors (Lipinski definition) is 3. The normalized spacial score (nSPS) is 10.4. The van der Waals surface area contributed by atoms with Gasteiger partial charge in [-0.15, -0.1) is 0 Å². The Balaban J connectivity index is 1.51. The van der Waals surface area contributed by atoms with Crippen LogP contribution in [-0.4, -0.2) is 30.8 Å². The molecule has 3 N–H and O–H groups in total. The molecule has 0 aliphatic rings. The molecule has 0 spiro atoms. The summed E-state index contributed by atoms with van der Waals surface area (Å²) in [5.41, 5.74) is 2.00. The molecule has 6 heteroatoms. The van der Waals surface area contributed by atoms with Crippen molar-refractivity contribution >= 4 is 34.2 Å². The van der Waals surface area contributed by atoms with E-state index in [0.717, 1.165) is 16.3 Å². The van der Waals surface area contributed by atoms with Gasteiger partial charge in [-0.05, 0) is 47.5 Å². The van der Waals surface area contributed by atoms with E-state index in [1.165, 1.54) is 0 Å². The lowest BCUT2D eigenvalue weighted by atomic mass is 10.0. The fraction of sp³-hybridized carbons (Fsp3) is 0.174. The maximum atomic E-state index is 12.3. The summed E-state index contributed by atoms with van der Waals surface area (Å²) >= 11 is 0. The molecule has 0 saturated carbocycles. The second-order valence-electron chi connectivity index (χ2n) is 6.58. The van der Waals surface area contributed by atoms with Crippen LogP contribution in [0.1, 0.15) is 22.8 Å². The lowest BCUT2D eigenvalue weighted by Gasteiger charge is -2.09. The van der Waals surface area contributed by atoms with E-state index >= 15 is 0 Å². The maximum Gasteiger partial charge on any atom is 0.251 e. The molecule has 0 atom stereocenters. The minimum absolute atomic E-state index is 0.123. The molecule has 0 fully saturated rings.